The summed E-state index contributed by atoms with van der Waals surface area (Å²) in [6, 6.07) is 10.0. The van der Waals surface area contributed by atoms with Gasteiger partial charge in [0, 0.05) is 17.9 Å². The second-order valence-corrected chi connectivity index (χ2v) is 7.18. The number of hydrogen-bond acceptors (Lipinski definition) is 3. The Morgan fingerprint density at radius 2 is 1.69 bits per heavy atom. The van der Waals surface area contributed by atoms with Crippen molar-refractivity contribution in [2.24, 2.45) is 5.92 Å². The molecule has 0 unspecified atom stereocenters. The van der Waals surface area contributed by atoms with Crippen molar-refractivity contribution in [3.05, 3.63) is 53.8 Å². The number of alkyl halides is 3. The van der Waals surface area contributed by atoms with Crippen LogP contribution in [-0.4, -0.2) is 25.9 Å². The smallest absolute Gasteiger partial charge is 0.406 e. The van der Waals surface area contributed by atoms with E-state index in [4.69, 9.17) is 9.47 Å². The molecular formula is C22H24F4O3. The van der Waals surface area contributed by atoms with Crippen LogP contribution < -0.4 is 4.74 Å². The van der Waals surface area contributed by atoms with Gasteiger partial charge in [-0.3, -0.25) is 0 Å². The highest BCUT2D eigenvalue weighted by Crippen LogP contribution is 2.29. The number of halogens is 4. The molecule has 0 saturated carbocycles. The molecule has 0 N–H and O–H groups in total. The standard InChI is InChI=1S/C22H24F4O3/c1-2-3-16-13-27-21(28-14-16)11-5-15-4-10-19(20(23)12-15)17-6-8-18(9-7-17)29-22(24,25)26/h4,6-10,12,16,21H,2-3,5,11,13-14H2,1H3. The maximum absolute atomic E-state index is 14.5. The largest absolute Gasteiger partial charge is 0.573 e. The topological polar surface area (TPSA) is 27.7 Å². The third-order valence-corrected chi connectivity index (χ3v) is 4.83. The molecule has 0 amide bonds. The summed E-state index contributed by atoms with van der Waals surface area (Å²) in [7, 11) is 0. The molecule has 0 bridgehead atoms. The Labute approximate surface area is 167 Å². The molecule has 1 aliphatic rings. The Morgan fingerprint density at radius 3 is 2.28 bits per heavy atom. The molecule has 0 aliphatic carbocycles. The first-order chi connectivity index (χ1) is 13.8. The van der Waals surface area contributed by atoms with E-state index < -0.39 is 12.2 Å². The predicted molar refractivity (Wildman–Crippen MR) is 101 cm³/mol. The summed E-state index contributed by atoms with van der Waals surface area (Å²) in [5.41, 5.74) is 1.61. The van der Waals surface area contributed by atoms with E-state index in [0.717, 1.165) is 18.4 Å². The number of rotatable bonds is 7. The van der Waals surface area contributed by atoms with Gasteiger partial charge in [0.2, 0.25) is 0 Å². The highest BCUT2D eigenvalue weighted by Gasteiger charge is 2.31. The van der Waals surface area contributed by atoms with E-state index in [-0.39, 0.29) is 12.0 Å². The van der Waals surface area contributed by atoms with Crippen LogP contribution in [0.3, 0.4) is 0 Å². The van der Waals surface area contributed by atoms with Crippen molar-refractivity contribution in [2.45, 2.75) is 45.3 Å². The van der Waals surface area contributed by atoms with Crippen LogP contribution in [-0.2, 0) is 15.9 Å². The van der Waals surface area contributed by atoms with Crippen molar-refractivity contribution in [1.82, 2.24) is 0 Å². The first-order valence-corrected chi connectivity index (χ1v) is 9.72. The minimum atomic E-state index is -4.75. The van der Waals surface area contributed by atoms with Crippen LogP contribution in [0.5, 0.6) is 5.75 Å². The monoisotopic (exact) mass is 412 g/mol. The second kappa shape index (κ2) is 9.59. The normalized spacial score (nSPS) is 19.9. The summed E-state index contributed by atoms with van der Waals surface area (Å²) in [6.07, 6.45) is -1.59. The lowest BCUT2D eigenvalue weighted by molar-refractivity contribution is -0.274. The van der Waals surface area contributed by atoms with Gasteiger partial charge in [0.1, 0.15) is 11.6 Å². The highest BCUT2D eigenvalue weighted by molar-refractivity contribution is 5.65. The van der Waals surface area contributed by atoms with E-state index in [9.17, 15) is 17.6 Å². The van der Waals surface area contributed by atoms with E-state index >= 15 is 0 Å². The molecule has 3 nitrogen and oxygen atoms in total. The first kappa shape index (κ1) is 21.6. The molecule has 29 heavy (non-hydrogen) atoms. The molecule has 2 aromatic carbocycles. The lowest BCUT2D eigenvalue weighted by Gasteiger charge is -2.29. The van der Waals surface area contributed by atoms with Crippen LogP contribution >= 0.6 is 0 Å². The number of hydrogen-bond donors (Lipinski definition) is 0. The number of aryl methyl sites for hydroxylation is 1. The van der Waals surface area contributed by atoms with Crippen molar-refractivity contribution >= 4 is 0 Å². The lowest BCUT2D eigenvalue weighted by atomic mass is 10.0. The van der Waals surface area contributed by atoms with Crippen molar-refractivity contribution < 1.29 is 31.8 Å². The van der Waals surface area contributed by atoms with E-state index in [1.54, 1.807) is 12.1 Å². The molecule has 1 fully saturated rings. The van der Waals surface area contributed by atoms with Gasteiger partial charge in [-0.25, -0.2) is 4.39 Å². The van der Waals surface area contributed by atoms with Gasteiger partial charge >= 0.3 is 6.36 Å². The van der Waals surface area contributed by atoms with E-state index in [1.165, 1.54) is 30.3 Å². The zero-order chi connectivity index (χ0) is 20.9. The number of benzene rings is 2. The van der Waals surface area contributed by atoms with Gasteiger partial charge in [0.15, 0.2) is 6.29 Å². The van der Waals surface area contributed by atoms with E-state index in [1.807, 2.05) is 0 Å². The second-order valence-electron chi connectivity index (χ2n) is 7.18. The lowest BCUT2D eigenvalue weighted by Crippen LogP contribution is -2.32. The third-order valence-electron chi connectivity index (χ3n) is 4.83. The molecule has 0 spiro atoms. The Morgan fingerprint density at radius 1 is 1.00 bits per heavy atom. The molecule has 0 radical (unpaired) electrons. The van der Waals surface area contributed by atoms with E-state index in [2.05, 4.69) is 11.7 Å². The zero-order valence-corrected chi connectivity index (χ0v) is 16.2. The van der Waals surface area contributed by atoms with Crippen LogP contribution in [0.25, 0.3) is 11.1 Å². The van der Waals surface area contributed by atoms with Crippen molar-refractivity contribution in [3.63, 3.8) is 0 Å². The fourth-order valence-corrected chi connectivity index (χ4v) is 3.39. The van der Waals surface area contributed by atoms with Gasteiger partial charge in [0.25, 0.3) is 0 Å². The summed E-state index contributed by atoms with van der Waals surface area (Å²) in [6.45, 7) is 3.52. The summed E-state index contributed by atoms with van der Waals surface area (Å²) in [5.74, 6) is -0.326. The van der Waals surface area contributed by atoms with Crippen LogP contribution in [0.15, 0.2) is 42.5 Å². The molecule has 3 rings (SSSR count). The van der Waals surface area contributed by atoms with Crippen molar-refractivity contribution in [3.8, 4) is 16.9 Å². The number of ether oxygens (including phenoxy) is 3. The average Bonchev–Trinajstić information content (AvgIpc) is 2.67. The summed E-state index contributed by atoms with van der Waals surface area (Å²) < 4.78 is 66.5. The fraction of sp³-hybridized carbons (Fsp3) is 0.455. The van der Waals surface area contributed by atoms with Gasteiger partial charge in [-0.15, -0.1) is 13.2 Å². The van der Waals surface area contributed by atoms with Gasteiger partial charge < -0.3 is 14.2 Å². The highest BCUT2D eigenvalue weighted by atomic mass is 19.4. The van der Waals surface area contributed by atoms with Crippen LogP contribution in [0.1, 0.15) is 31.7 Å². The van der Waals surface area contributed by atoms with Crippen LogP contribution in [0.2, 0.25) is 0 Å². The van der Waals surface area contributed by atoms with Crippen molar-refractivity contribution in [2.75, 3.05) is 13.2 Å². The van der Waals surface area contributed by atoms with Gasteiger partial charge in [-0.2, -0.15) is 0 Å². The first-order valence-electron chi connectivity index (χ1n) is 9.72. The Bertz CT molecular complexity index is 782. The average molecular weight is 412 g/mol. The summed E-state index contributed by atoms with van der Waals surface area (Å²) in [4.78, 5) is 0. The molecule has 0 atom stereocenters. The SMILES string of the molecule is CCCC1COC(CCc2ccc(-c3ccc(OC(F)(F)F)cc3)c(F)c2)OC1. The molecular weight excluding hydrogens is 388 g/mol. The quantitative estimate of drug-likeness (QED) is 0.514. The van der Waals surface area contributed by atoms with E-state index in [0.29, 0.717) is 43.1 Å². The predicted octanol–water partition coefficient (Wildman–Crippen LogP) is 6.11. The molecule has 1 aliphatic heterocycles. The molecule has 2 aromatic rings. The van der Waals surface area contributed by atoms with Crippen LogP contribution in [0, 0.1) is 11.7 Å². The van der Waals surface area contributed by atoms with Gasteiger partial charge in [-0.1, -0.05) is 37.6 Å². The van der Waals surface area contributed by atoms with Crippen LogP contribution in [0.4, 0.5) is 17.6 Å². The van der Waals surface area contributed by atoms with Gasteiger partial charge in [-0.05, 0) is 42.2 Å². The molecule has 7 heteroatoms. The minimum absolute atomic E-state index is 0.271. The maximum Gasteiger partial charge on any atom is 0.573 e. The molecule has 0 aromatic heterocycles. The Kier molecular flexibility index (Phi) is 7.14. The van der Waals surface area contributed by atoms with Gasteiger partial charge in [0.05, 0.1) is 13.2 Å². The zero-order valence-electron chi connectivity index (χ0n) is 16.2. The summed E-state index contributed by atoms with van der Waals surface area (Å²) >= 11 is 0. The third kappa shape index (κ3) is 6.44. The molecule has 1 heterocycles. The Balaban J connectivity index is 1.56. The summed E-state index contributed by atoms with van der Waals surface area (Å²) in [5, 5.41) is 0. The van der Waals surface area contributed by atoms with Crippen molar-refractivity contribution in [1.29, 1.82) is 0 Å². The Hall–Kier alpha value is -2.12. The minimum Gasteiger partial charge on any atom is -0.406 e. The fourth-order valence-electron chi connectivity index (χ4n) is 3.39. The maximum atomic E-state index is 14.5. The molecule has 158 valence electrons. The molecule has 1 saturated heterocycles.